The largest absolute Gasteiger partial charge is 0.478 e. The number of hydrogen-bond acceptors (Lipinski definition) is 2. The molecule has 1 atom stereocenters. The van der Waals surface area contributed by atoms with E-state index in [4.69, 9.17) is 23.2 Å². The fraction of sp³-hybridized carbons (Fsp3) is 0.0800. The van der Waals surface area contributed by atoms with Gasteiger partial charge in [0.05, 0.1) is 21.2 Å². The van der Waals surface area contributed by atoms with E-state index in [0.717, 1.165) is 27.5 Å². The van der Waals surface area contributed by atoms with Gasteiger partial charge in [-0.2, -0.15) is 0 Å². The molecule has 32 heavy (non-hydrogen) atoms. The van der Waals surface area contributed by atoms with E-state index >= 15 is 0 Å². The van der Waals surface area contributed by atoms with E-state index in [-0.39, 0.29) is 5.56 Å². The van der Waals surface area contributed by atoms with Gasteiger partial charge in [0, 0.05) is 10.4 Å². The molecule has 162 valence electrons. The number of rotatable bonds is 5. The molecular weight excluding hydrogens is 465 g/mol. The van der Waals surface area contributed by atoms with Crippen LogP contribution in [0, 0.1) is 13.8 Å². The van der Waals surface area contributed by atoms with Crippen molar-refractivity contribution in [1.82, 2.24) is 0 Å². The number of carbonyl (C=O) groups is 1. The SMILES string of the molecule is Cc1cc(Cl)c(C)c(S(=O)Nc2ccc(-c3cccc(C(=O)O)c3)c3ccccc23)c1Cl. The lowest BCUT2D eigenvalue weighted by Gasteiger charge is -2.16. The average molecular weight is 484 g/mol. The van der Waals surface area contributed by atoms with Gasteiger partial charge in [0.1, 0.15) is 0 Å². The van der Waals surface area contributed by atoms with Crippen molar-refractivity contribution in [3.8, 4) is 11.1 Å². The molecule has 0 amide bonds. The molecule has 1 unspecified atom stereocenters. The first-order valence-corrected chi connectivity index (χ1v) is 11.7. The first kappa shape index (κ1) is 22.3. The molecule has 4 rings (SSSR count). The molecule has 4 aromatic carbocycles. The molecule has 4 nitrogen and oxygen atoms in total. The molecule has 0 heterocycles. The molecule has 0 saturated carbocycles. The topological polar surface area (TPSA) is 66.4 Å². The van der Waals surface area contributed by atoms with Gasteiger partial charge in [0.2, 0.25) is 0 Å². The Labute approximate surface area is 198 Å². The van der Waals surface area contributed by atoms with Crippen molar-refractivity contribution >= 4 is 56.6 Å². The lowest BCUT2D eigenvalue weighted by molar-refractivity contribution is 0.0697. The summed E-state index contributed by atoms with van der Waals surface area (Å²) >= 11 is 12.7. The van der Waals surface area contributed by atoms with Crippen LogP contribution in [0.1, 0.15) is 21.5 Å². The van der Waals surface area contributed by atoms with Crippen LogP contribution in [0.4, 0.5) is 5.69 Å². The Morgan fingerprint density at radius 3 is 2.38 bits per heavy atom. The lowest BCUT2D eigenvalue weighted by Crippen LogP contribution is -2.08. The van der Waals surface area contributed by atoms with Crippen LogP contribution in [0.5, 0.6) is 0 Å². The third kappa shape index (κ3) is 4.11. The van der Waals surface area contributed by atoms with Crippen molar-refractivity contribution in [3.63, 3.8) is 0 Å². The quantitative estimate of drug-likeness (QED) is 0.313. The van der Waals surface area contributed by atoms with Crippen molar-refractivity contribution in [2.45, 2.75) is 18.7 Å². The number of fused-ring (bicyclic) bond motifs is 1. The summed E-state index contributed by atoms with van der Waals surface area (Å²) in [5.74, 6) is -0.978. The zero-order valence-corrected chi connectivity index (χ0v) is 19.6. The summed E-state index contributed by atoms with van der Waals surface area (Å²) in [6.07, 6.45) is 0. The van der Waals surface area contributed by atoms with Crippen LogP contribution in [-0.2, 0) is 11.0 Å². The second-order valence-corrected chi connectivity index (χ2v) is 9.34. The maximum Gasteiger partial charge on any atom is 0.335 e. The Bertz CT molecular complexity index is 1380. The van der Waals surface area contributed by atoms with Gasteiger partial charge in [-0.15, -0.1) is 0 Å². The third-order valence-corrected chi connectivity index (χ3v) is 7.60. The minimum atomic E-state index is -1.64. The van der Waals surface area contributed by atoms with E-state index in [1.165, 1.54) is 0 Å². The normalized spacial score (nSPS) is 12.0. The van der Waals surface area contributed by atoms with Crippen LogP contribution in [0.2, 0.25) is 10.0 Å². The van der Waals surface area contributed by atoms with Gasteiger partial charge in [-0.3, -0.25) is 0 Å². The molecule has 4 aromatic rings. The van der Waals surface area contributed by atoms with Crippen LogP contribution in [0.15, 0.2) is 71.6 Å². The molecule has 0 saturated heterocycles. The first-order valence-electron chi connectivity index (χ1n) is 9.77. The predicted octanol–water partition coefficient (Wildman–Crippen LogP) is 7.26. The molecule has 0 aliphatic carbocycles. The summed E-state index contributed by atoms with van der Waals surface area (Å²) in [5.41, 5.74) is 3.98. The Balaban J connectivity index is 1.80. The molecule has 7 heteroatoms. The van der Waals surface area contributed by atoms with Crippen molar-refractivity contribution < 1.29 is 14.1 Å². The van der Waals surface area contributed by atoms with Crippen LogP contribution in [-0.4, -0.2) is 15.3 Å². The van der Waals surface area contributed by atoms with Crippen molar-refractivity contribution in [1.29, 1.82) is 0 Å². The van der Waals surface area contributed by atoms with Gasteiger partial charge in [-0.25, -0.2) is 9.00 Å². The van der Waals surface area contributed by atoms with Crippen LogP contribution in [0.3, 0.4) is 0 Å². The third-order valence-electron chi connectivity index (χ3n) is 5.32. The van der Waals surface area contributed by atoms with Crippen molar-refractivity contribution in [2.75, 3.05) is 4.72 Å². The molecule has 0 aromatic heterocycles. The highest BCUT2D eigenvalue weighted by Crippen LogP contribution is 2.36. The number of halogens is 2. The van der Waals surface area contributed by atoms with Gasteiger partial charge in [0.25, 0.3) is 0 Å². The molecule has 0 aliphatic rings. The van der Waals surface area contributed by atoms with Gasteiger partial charge < -0.3 is 9.83 Å². The average Bonchev–Trinajstić information content (AvgIpc) is 2.78. The monoisotopic (exact) mass is 483 g/mol. The van der Waals surface area contributed by atoms with Gasteiger partial charge >= 0.3 is 5.97 Å². The van der Waals surface area contributed by atoms with E-state index in [2.05, 4.69) is 4.72 Å². The van der Waals surface area contributed by atoms with E-state index in [1.54, 1.807) is 31.2 Å². The summed E-state index contributed by atoms with van der Waals surface area (Å²) < 4.78 is 16.4. The van der Waals surface area contributed by atoms with E-state index in [0.29, 0.717) is 26.2 Å². The number of anilines is 1. The highest BCUT2D eigenvalue weighted by atomic mass is 35.5. The lowest BCUT2D eigenvalue weighted by atomic mass is 9.96. The van der Waals surface area contributed by atoms with Crippen LogP contribution < -0.4 is 4.72 Å². The Kier molecular flexibility index (Phi) is 6.24. The second kappa shape index (κ2) is 8.94. The highest BCUT2D eigenvalue weighted by molar-refractivity contribution is 7.86. The van der Waals surface area contributed by atoms with E-state index < -0.39 is 17.0 Å². The molecule has 0 spiro atoms. The number of hydrogen-bond donors (Lipinski definition) is 2. The second-order valence-electron chi connectivity index (χ2n) is 7.41. The standard InChI is InChI=1S/C25H19Cl2NO3S/c1-14-12-21(26)15(2)24(23(14)27)32(31)28-22-11-10-18(19-8-3-4-9-20(19)22)16-6-5-7-17(13-16)25(29)30/h3-13,28H,1-2H3,(H,29,30). The predicted molar refractivity (Wildman–Crippen MR) is 132 cm³/mol. The summed E-state index contributed by atoms with van der Waals surface area (Å²) in [7, 11) is -1.64. The van der Waals surface area contributed by atoms with Gasteiger partial charge in [-0.05, 0) is 65.8 Å². The van der Waals surface area contributed by atoms with E-state index in [9.17, 15) is 14.1 Å². The Hall–Kier alpha value is -2.86. The summed E-state index contributed by atoms with van der Waals surface area (Å²) in [6, 6.07) is 20.0. The number of carboxylic acids is 1. The molecular formula is C25H19Cl2NO3S. The van der Waals surface area contributed by atoms with Crippen molar-refractivity contribution in [2.24, 2.45) is 0 Å². The van der Waals surface area contributed by atoms with E-state index in [1.807, 2.05) is 49.4 Å². The maximum atomic E-state index is 13.3. The molecule has 2 N–H and O–H groups in total. The first-order chi connectivity index (χ1) is 15.3. The minimum absolute atomic E-state index is 0.219. The van der Waals surface area contributed by atoms with Gasteiger partial charge in [-0.1, -0.05) is 65.7 Å². The van der Waals surface area contributed by atoms with Crippen LogP contribution in [0.25, 0.3) is 21.9 Å². The molecule has 0 fully saturated rings. The number of carboxylic acid groups (broad SMARTS) is 1. The highest BCUT2D eigenvalue weighted by Gasteiger charge is 2.18. The number of benzene rings is 4. The minimum Gasteiger partial charge on any atom is -0.478 e. The number of nitrogens with one attached hydrogen (secondary N) is 1. The molecule has 0 aliphatic heterocycles. The zero-order chi connectivity index (χ0) is 23.0. The fourth-order valence-corrected chi connectivity index (χ4v) is 5.56. The summed E-state index contributed by atoms with van der Waals surface area (Å²) in [5, 5.41) is 12.0. The number of aromatic carboxylic acids is 1. The van der Waals surface area contributed by atoms with Crippen LogP contribution >= 0.6 is 23.2 Å². The Morgan fingerprint density at radius 1 is 0.938 bits per heavy atom. The fourth-order valence-electron chi connectivity index (χ4n) is 3.64. The smallest absolute Gasteiger partial charge is 0.335 e. The summed E-state index contributed by atoms with van der Waals surface area (Å²) in [4.78, 5) is 11.9. The zero-order valence-electron chi connectivity index (χ0n) is 17.3. The Morgan fingerprint density at radius 2 is 1.66 bits per heavy atom. The summed E-state index contributed by atoms with van der Waals surface area (Å²) in [6.45, 7) is 3.61. The maximum absolute atomic E-state index is 13.3. The number of aryl methyl sites for hydroxylation is 1. The van der Waals surface area contributed by atoms with Gasteiger partial charge in [0.15, 0.2) is 11.0 Å². The molecule has 0 radical (unpaired) electrons. The molecule has 0 bridgehead atoms. The van der Waals surface area contributed by atoms with Crippen molar-refractivity contribution in [3.05, 3.63) is 93.5 Å².